The number of sulfonamides is 1. The van der Waals surface area contributed by atoms with Gasteiger partial charge < -0.3 is 9.73 Å². The van der Waals surface area contributed by atoms with Crippen molar-refractivity contribution in [1.82, 2.24) is 9.29 Å². The van der Waals surface area contributed by atoms with Crippen molar-refractivity contribution in [3.05, 3.63) is 57.0 Å². The first-order chi connectivity index (χ1) is 14.6. The Balaban J connectivity index is 1.85. The maximum atomic E-state index is 13.0. The topological polar surface area (TPSA) is 110 Å². The number of amides is 1. The zero-order valence-electron chi connectivity index (χ0n) is 17.1. The van der Waals surface area contributed by atoms with Crippen LogP contribution in [0.1, 0.15) is 12.0 Å². The molecule has 1 aromatic heterocycles. The summed E-state index contributed by atoms with van der Waals surface area (Å²) in [7, 11) is -2.50. The molecule has 0 aliphatic heterocycles. The van der Waals surface area contributed by atoms with E-state index in [2.05, 4.69) is 26.0 Å². The number of aryl methyl sites for hydroxylation is 2. The van der Waals surface area contributed by atoms with Crippen LogP contribution < -0.4 is 15.8 Å². The predicted octanol–water partition coefficient (Wildman–Crippen LogP) is 3.24. The molecule has 0 saturated heterocycles. The molecule has 2 aromatic carbocycles. The van der Waals surface area contributed by atoms with Gasteiger partial charge in [0, 0.05) is 23.3 Å². The van der Waals surface area contributed by atoms with E-state index >= 15 is 0 Å². The molecule has 2 N–H and O–H groups in total. The lowest BCUT2D eigenvalue weighted by Crippen LogP contribution is -2.44. The van der Waals surface area contributed by atoms with Crippen molar-refractivity contribution in [2.75, 3.05) is 17.3 Å². The van der Waals surface area contributed by atoms with E-state index in [1.165, 1.54) is 41.6 Å². The van der Waals surface area contributed by atoms with Crippen LogP contribution in [0.2, 0.25) is 0 Å². The monoisotopic (exact) mass is 527 g/mol. The van der Waals surface area contributed by atoms with Crippen molar-refractivity contribution in [3.8, 4) is 0 Å². The van der Waals surface area contributed by atoms with Crippen LogP contribution in [-0.4, -0.2) is 36.9 Å². The van der Waals surface area contributed by atoms with Gasteiger partial charge in [-0.05, 0) is 61.2 Å². The van der Waals surface area contributed by atoms with Gasteiger partial charge in [0.15, 0.2) is 5.58 Å². The Morgan fingerprint density at radius 1 is 1.26 bits per heavy atom. The lowest BCUT2D eigenvalue weighted by atomic mass is 10.2. The molecule has 0 saturated carbocycles. The highest BCUT2D eigenvalue weighted by Crippen LogP contribution is 2.21. The molecule has 166 valence electrons. The minimum absolute atomic E-state index is 0.0872. The van der Waals surface area contributed by atoms with Gasteiger partial charge in [0.25, 0.3) is 0 Å². The summed E-state index contributed by atoms with van der Waals surface area (Å²) in [5.41, 5.74) is 2.15. The summed E-state index contributed by atoms with van der Waals surface area (Å²) in [6, 6.07) is 8.53. The molecule has 1 heterocycles. The average Bonchev–Trinajstić information content (AvgIpc) is 3.01. The summed E-state index contributed by atoms with van der Waals surface area (Å²) >= 11 is 4.92. The van der Waals surface area contributed by atoms with E-state index in [4.69, 9.17) is 4.42 Å². The van der Waals surface area contributed by atoms with E-state index in [-0.39, 0.29) is 10.5 Å². The zero-order chi connectivity index (χ0) is 22.8. The number of nitrogens with one attached hydrogen (secondary N) is 2. The fourth-order valence-electron chi connectivity index (χ4n) is 2.97. The Kier molecular flexibility index (Phi) is 7.30. The number of nitrogens with zero attached hydrogens (tertiary/aromatic N) is 1. The quantitative estimate of drug-likeness (QED) is 0.465. The summed E-state index contributed by atoms with van der Waals surface area (Å²) in [5.74, 6) is -0.446. The van der Waals surface area contributed by atoms with Crippen LogP contribution in [0.3, 0.4) is 0 Å². The number of hydrogen-bond acceptors (Lipinski definition) is 6. The zero-order valence-corrected chi connectivity index (χ0v) is 20.4. The molecule has 11 heteroatoms. The van der Waals surface area contributed by atoms with Crippen LogP contribution >= 0.6 is 27.7 Å². The SMILES string of the molecule is CSCC[C@H](NS(=O)(=O)c1ccc2c(c1)oc(=O)n2C)C(=O)Nc1ccc(Br)c(C)c1. The van der Waals surface area contributed by atoms with Crippen molar-refractivity contribution in [2.45, 2.75) is 24.3 Å². The van der Waals surface area contributed by atoms with Gasteiger partial charge in [0.2, 0.25) is 15.9 Å². The molecular weight excluding hydrogens is 506 g/mol. The molecule has 0 spiro atoms. The van der Waals surface area contributed by atoms with Gasteiger partial charge in [-0.3, -0.25) is 9.36 Å². The molecule has 0 bridgehead atoms. The average molecular weight is 528 g/mol. The molecule has 1 atom stereocenters. The number of fused-ring (bicyclic) bond motifs is 1. The molecule has 0 aliphatic carbocycles. The van der Waals surface area contributed by atoms with Gasteiger partial charge in [0.05, 0.1) is 10.4 Å². The van der Waals surface area contributed by atoms with E-state index < -0.39 is 27.7 Å². The smallest absolute Gasteiger partial charge is 0.408 e. The minimum atomic E-state index is -4.04. The largest absolute Gasteiger partial charge is 0.419 e. The molecule has 3 aromatic rings. The van der Waals surface area contributed by atoms with Crippen LogP contribution in [0.25, 0.3) is 11.1 Å². The normalized spacial score (nSPS) is 12.8. The number of benzene rings is 2. The highest BCUT2D eigenvalue weighted by molar-refractivity contribution is 9.10. The number of anilines is 1. The van der Waals surface area contributed by atoms with Crippen LogP contribution in [0.5, 0.6) is 0 Å². The van der Waals surface area contributed by atoms with E-state index in [9.17, 15) is 18.0 Å². The second kappa shape index (κ2) is 9.60. The lowest BCUT2D eigenvalue weighted by molar-refractivity contribution is -0.117. The molecule has 0 unspecified atom stereocenters. The highest BCUT2D eigenvalue weighted by Gasteiger charge is 2.26. The third-order valence-corrected chi connectivity index (χ3v) is 7.73. The summed E-state index contributed by atoms with van der Waals surface area (Å²) in [4.78, 5) is 24.5. The number of hydrogen-bond donors (Lipinski definition) is 2. The van der Waals surface area contributed by atoms with Gasteiger partial charge >= 0.3 is 5.76 Å². The predicted molar refractivity (Wildman–Crippen MR) is 126 cm³/mol. The Labute approximate surface area is 192 Å². The van der Waals surface area contributed by atoms with Crippen LogP contribution in [0.15, 0.2) is 55.0 Å². The first-order valence-corrected chi connectivity index (χ1v) is 13.0. The number of oxazole rings is 1. The number of thioether (sulfide) groups is 1. The fraction of sp³-hybridized carbons (Fsp3) is 0.300. The maximum Gasteiger partial charge on any atom is 0.419 e. The van der Waals surface area contributed by atoms with E-state index in [1.807, 2.05) is 19.2 Å². The highest BCUT2D eigenvalue weighted by atomic mass is 79.9. The number of aromatic nitrogens is 1. The molecule has 0 fully saturated rings. The summed E-state index contributed by atoms with van der Waals surface area (Å²) < 4.78 is 35.7. The Bertz CT molecular complexity index is 1280. The Morgan fingerprint density at radius 2 is 2.00 bits per heavy atom. The van der Waals surface area contributed by atoms with Crippen LogP contribution in [0.4, 0.5) is 5.69 Å². The standard InChI is InChI=1S/C20H22BrN3O5S2/c1-12-10-13(4-6-15(12)21)22-19(25)16(8-9-30-3)23-31(27,28)14-5-7-17-18(11-14)29-20(26)24(17)2/h4-7,10-11,16,23H,8-9H2,1-3H3,(H,22,25)/t16-/m0/s1. The van der Waals surface area contributed by atoms with Gasteiger partial charge in [0.1, 0.15) is 6.04 Å². The number of carbonyl (C=O) groups is 1. The van der Waals surface area contributed by atoms with E-state index in [1.54, 1.807) is 12.1 Å². The third kappa shape index (κ3) is 5.40. The summed E-state index contributed by atoms with van der Waals surface area (Å²) in [6.45, 7) is 1.89. The lowest BCUT2D eigenvalue weighted by Gasteiger charge is -2.18. The second-order valence-electron chi connectivity index (χ2n) is 6.97. The molecule has 3 rings (SSSR count). The molecule has 0 radical (unpaired) electrons. The first kappa shape index (κ1) is 23.6. The van der Waals surface area contributed by atoms with E-state index in [0.29, 0.717) is 23.4 Å². The Hall–Kier alpha value is -2.08. The summed E-state index contributed by atoms with van der Waals surface area (Å²) in [5, 5.41) is 2.77. The first-order valence-electron chi connectivity index (χ1n) is 9.30. The van der Waals surface area contributed by atoms with Crippen molar-refractivity contribution < 1.29 is 17.6 Å². The van der Waals surface area contributed by atoms with Gasteiger partial charge in [-0.15, -0.1) is 0 Å². The van der Waals surface area contributed by atoms with Crippen LogP contribution in [-0.2, 0) is 21.9 Å². The van der Waals surface area contributed by atoms with Gasteiger partial charge in [-0.1, -0.05) is 15.9 Å². The number of carbonyl (C=O) groups excluding carboxylic acids is 1. The second-order valence-corrected chi connectivity index (χ2v) is 10.5. The molecule has 8 nitrogen and oxygen atoms in total. The van der Waals surface area contributed by atoms with Gasteiger partial charge in [-0.25, -0.2) is 13.2 Å². The number of halogens is 1. The van der Waals surface area contributed by atoms with Gasteiger partial charge in [-0.2, -0.15) is 16.5 Å². The molecule has 31 heavy (non-hydrogen) atoms. The van der Waals surface area contributed by atoms with E-state index in [0.717, 1.165) is 10.0 Å². The van der Waals surface area contributed by atoms with Crippen LogP contribution in [0, 0.1) is 6.92 Å². The minimum Gasteiger partial charge on any atom is -0.408 e. The number of rotatable bonds is 8. The fourth-order valence-corrected chi connectivity index (χ4v) is 4.93. The molecule has 1 amide bonds. The van der Waals surface area contributed by atoms with Crippen molar-refractivity contribution >= 4 is 60.4 Å². The van der Waals surface area contributed by atoms with Crippen molar-refractivity contribution in [1.29, 1.82) is 0 Å². The Morgan fingerprint density at radius 3 is 2.68 bits per heavy atom. The maximum absolute atomic E-state index is 13.0. The van der Waals surface area contributed by atoms with Crippen molar-refractivity contribution in [3.63, 3.8) is 0 Å². The molecular formula is C20H22BrN3O5S2. The summed E-state index contributed by atoms with van der Waals surface area (Å²) in [6.07, 6.45) is 2.19. The molecule has 0 aliphatic rings. The van der Waals surface area contributed by atoms with Crippen molar-refractivity contribution in [2.24, 2.45) is 7.05 Å². The third-order valence-electron chi connectivity index (χ3n) is 4.72.